The summed E-state index contributed by atoms with van der Waals surface area (Å²) in [6.45, 7) is 6.69. The lowest BCUT2D eigenvalue weighted by Crippen LogP contribution is -1.91. The Kier molecular flexibility index (Phi) is 2.59. The van der Waals surface area contributed by atoms with Gasteiger partial charge in [-0.1, -0.05) is 67.9 Å². The Morgan fingerprint density at radius 1 is 0.778 bits per heavy atom. The fourth-order valence-electron chi connectivity index (χ4n) is 2.72. The van der Waals surface area contributed by atoms with E-state index >= 15 is 0 Å². The van der Waals surface area contributed by atoms with E-state index in [4.69, 9.17) is 0 Å². The molecule has 0 saturated heterocycles. The lowest BCUT2D eigenvalue weighted by molar-refractivity contribution is 0.878. The van der Waals surface area contributed by atoms with Crippen molar-refractivity contribution in [2.24, 2.45) is 0 Å². The summed E-state index contributed by atoms with van der Waals surface area (Å²) < 4.78 is 0. The SMILES string of the molecule is Cc1ccc2cc(C(C)C)c3ccccc3c2c1. The van der Waals surface area contributed by atoms with E-state index in [1.807, 2.05) is 0 Å². The third kappa shape index (κ3) is 1.69. The molecule has 3 aromatic carbocycles. The van der Waals surface area contributed by atoms with Gasteiger partial charge in [-0.2, -0.15) is 0 Å². The standard InChI is InChI=1S/C18H18/c1-12(2)17-11-14-9-8-13(3)10-18(14)16-7-5-4-6-15(16)17/h4-12H,1-3H3. The van der Waals surface area contributed by atoms with Gasteiger partial charge in [-0.3, -0.25) is 0 Å². The van der Waals surface area contributed by atoms with E-state index in [2.05, 4.69) is 69.3 Å². The fourth-order valence-corrected chi connectivity index (χ4v) is 2.72. The highest BCUT2D eigenvalue weighted by molar-refractivity contribution is 6.09. The summed E-state index contributed by atoms with van der Waals surface area (Å²) in [5.74, 6) is 0.556. The molecule has 0 heteroatoms. The number of hydrogen-bond acceptors (Lipinski definition) is 0. The summed E-state index contributed by atoms with van der Waals surface area (Å²) in [5.41, 5.74) is 2.77. The molecule has 0 radical (unpaired) electrons. The van der Waals surface area contributed by atoms with E-state index < -0.39 is 0 Å². The van der Waals surface area contributed by atoms with Crippen LogP contribution in [-0.2, 0) is 0 Å². The van der Waals surface area contributed by atoms with Gasteiger partial charge in [-0.15, -0.1) is 0 Å². The van der Waals surface area contributed by atoms with E-state index in [-0.39, 0.29) is 0 Å². The predicted molar refractivity (Wildman–Crippen MR) is 80.3 cm³/mol. The molecule has 0 aliphatic heterocycles. The highest BCUT2D eigenvalue weighted by atomic mass is 14.1. The summed E-state index contributed by atoms with van der Waals surface area (Å²) in [4.78, 5) is 0. The molecular formula is C18H18. The third-order valence-electron chi connectivity index (χ3n) is 3.67. The fraction of sp³-hybridized carbons (Fsp3) is 0.222. The lowest BCUT2D eigenvalue weighted by Gasteiger charge is -2.13. The van der Waals surface area contributed by atoms with Crippen LogP contribution in [0.2, 0.25) is 0 Å². The van der Waals surface area contributed by atoms with Gasteiger partial charge in [0.05, 0.1) is 0 Å². The largest absolute Gasteiger partial charge is 0.0616 e. The highest BCUT2D eigenvalue weighted by Gasteiger charge is 2.08. The van der Waals surface area contributed by atoms with Crippen LogP contribution in [0, 0.1) is 6.92 Å². The molecule has 0 fully saturated rings. The van der Waals surface area contributed by atoms with Crippen molar-refractivity contribution < 1.29 is 0 Å². The molecule has 0 unspecified atom stereocenters. The first kappa shape index (κ1) is 11.3. The molecule has 0 N–H and O–H groups in total. The third-order valence-corrected chi connectivity index (χ3v) is 3.67. The Balaban J connectivity index is 2.53. The van der Waals surface area contributed by atoms with Crippen LogP contribution in [0.5, 0.6) is 0 Å². The zero-order valence-electron chi connectivity index (χ0n) is 11.2. The van der Waals surface area contributed by atoms with Crippen LogP contribution < -0.4 is 0 Å². The van der Waals surface area contributed by atoms with Gasteiger partial charge in [-0.05, 0) is 39.9 Å². The Morgan fingerprint density at radius 2 is 1.50 bits per heavy atom. The van der Waals surface area contributed by atoms with E-state index in [1.54, 1.807) is 0 Å². The van der Waals surface area contributed by atoms with Crippen LogP contribution >= 0.6 is 0 Å². The van der Waals surface area contributed by atoms with Crippen molar-refractivity contribution in [3.8, 4) is 0 Å². The first-order valence-electron chi connectivity index (χ1n) is 6.59. The van der Waals surface area contributed by atoms with Gasteiger partial charge in [-0.25, -0.2) is 0 Å². The zero-order valence-corrected chi connectivity index (χ0v) is 11.2. The minimum absolute atomic E-state index is 0.556. The van der Waals surface area contributed by atoms with Gasteiger partial charge in [0.25, 0.3) is 0 Å². The highest BCUT2D eigenvalue weighted by Crippen LogP contribution is 2.32. The molecule has 3 aromatic rings. The summed E-state index contributed by atoms with van der Waals surface area (Å²) in [5, 5.41) is 5.49. The second-order valence-corrected chi connectivity index (χ2v) is 5.39. The van der Waals surface area contributed by atoms with Crippen molar-refractivity contribution in [1.82, 2.24) is 0 Å². The molecular weight excluding hydrogens is 216 g/mol. The minimum atomic E-state index is 0.556. The van der Waals surface area contributed by atoms with Gasteiger partial charge in [0.2, 0.25) is 0 Å². The first-order chi connectivity index (χ1) is 8.66. The van der Waals surface area contributed by atoms with E-state index in [1.165, 1.54) is 32.7 Å². The van der Waals surface area contributed by atoms with Crippen molar-refractivity contribution in [1.29, 1.82) is 0 Å². The average Bonchev–Trinajstić information content (AvgIpc) is 2.37. The van der Waals surface area contributed by atoms with Crippen molar-refractivity contribution in [2.45, 2.75) is 26.7 Å². The second-order valence-electron chi connectivity index (χ2n) is 5.39. The van der Waals surface area contributed by atoms with Crippen LogP contribution in [0.25, 0.3) is 21.5 Å². The van der Waals surface area contributed by atoms with Crippen LogP contribution in [0.15, 0.2) is 48.5 Å². The van der Waals surface area contributed by atoms with E-state index in [0.29, 0.717) is 5.92 Å². The van der Waals surface area contributed by atoms with Crippen LogP contribution in [-0.4, -0.2) is 0 Å². The predicted octanol–water partition coefficient (Wildman–Crippen LogP) is 5.42. The van der Waals surface area contributed by atoms with Crippen LogP contribution in [0.4, 0.5) is 0 Å². The molecule has 3 rings (SSSR count). The molecule has 0 amide bonds. The number of hydrogen-bond donors (Lipinski definition) is 0. The Hall–Kier alpha value is -1.82. The van der Waals surface area contributed by atoms with Gasteiger partial charge in [0.1, 0.15) is 0 Å². The molecule has 0 aliphatic rings. The van der Waals surface area contributed by atoms with Gasteiger partial charge in [0.15, 0.2) is 0 Å². The van der Waals surface area contributed by atoms with Gasteiger partial charge < -0.3 is 0 Å². The van der Waals surface area contributed by atoms with E-state index in [9.17, 15) is 0 Å². The molecule has 0 aromatic heterocycles. The monoisotopic (exact) mass is 234 g/mol. The lowest BCUT2D eigenvalue weighted by atomic mass is 9.91. The van der Waals surface area contributed by atoms with Crippen LogP contribution in [0.1, 0.15) is 30.9 Å². The van der Waals surface area contributed by atoms with Gasteiger partial charge in [0, 0.05) is 0 Å². The number of benzene rings is 3. The van der Waals surface area contributed by atoms with Crippen molar-refractivity contribution in [2.75, 3.05) is 0 Å². The number of fused-ring (bicyclic) bond motifs is 3. The summed E-state index contributed by atoms with van der Waals surface area (Å²) in [6.07, 6.45) is 0. The molecule has 0 atom stereocenters. The molecule has 0 nitrogen and oxygen atoms in total. The Morgan fingerprint density at radius 3 is 2.22 bits per heavy atom. The molecule has 0 heterocycles. The van der Waals surface area contributed by atoms with E-state index in [0.717, 1.165) is 0 Å². The Bertz CT molecular complexity index is 721. The molecule has 0 saturated carbocycles. The molecule has 90 valence electrons. The summed E-state index contributed by atoms with van der Waals surface area (Å²) in [6, 6.07) is 17.8. The molecule has 0 spiro atoms. The number of aryl methyl sites for hydroxylation is 1. The van der Waals surface area contributed by atoms with Crippen molar-refractivity contribution in [3.05, 3.63) is 59.7 Å². The van der Waals surface area contributed by atoms with Gasteiger partial charge >= 0.3 is 0 Å². The maximum atomic E-state index is 2.35. The second kappa shape index (κ2) is 4.13. The smallest absolute Gasteiger partial charge is 0.0102 e. The Labute approximate surface area is 108 Å². The molecule has 0 bridgehead atoms. The quantitative estimate of drug-likeness (QED) is 0.493. The normalized spacial score (nSPS) is 11.6. The minimum Gasteiger partial charge on any atom is -0.0616 e. The summed E-state index contributed by atoms with van der Waals surface area (Å²) in [7, 11) is 0. The van der Waals surface area contributed by atoms with Crippen molar-refractivity contribution >= 4 is 21.5 Å². The molecule has 0 aliphatic carbocycles. The maximum absolute atomic E-state index is 2.35. The molecule has 18 heavy (non-hydrogen) atoms. The number of rotatable bonds is 1. The van der Waals surface area contributed by atoms with Crippen LogP contribution in [0.3, 0.4) is 0 Å². The average molecular weight is 234 g/mol. The van der Waals surface area contributed by atoms with Crippen molar-refractivity contribution in [3.63, 3.8) is 0 Å². The zero-order chi connectivity index (χ0) is 12.7. The maximum Gasteiger partial charge on any atom is -0.0102 e. The first-order valence-corrected chi connectivity index (χ1v) is 6.59. The topological polar surface area (TPSA) is 0 Å². The summed E-state index contributed by atoms with van der Waals surface area (Å²) >= 11 is 0.